The van der Waals surface area contributed by atoms with Crippen molar-refractivity contribution in [3.63, 3.8) is 0 Å². The lowest BCUT2D eigenvalue weighted by molar-refractivity contribution is 0.0577. The average Bonchev–Trinajstić information content (AvgIpc) is 3.56. The van der Waals surface area contributed by atoms with E-state index in [0.29, 0.717) is 28.8 Å². The van der Waals surface area contributed by atoms with Crippen LogP contribution in [0.25, 0.3) is 10.4 Å². The number of anilines is 1. The zero-order valence-corrected chi connectivity index (χ0v) is 19.3. The van der Waals surface area contributed by atoms with E-state index < -0.39 is 5.82 Å². The molecule has 176 valence electrons. The van der Waals surface area contributed by atoms with Crippen LogP contribution in [0.5, 0.6) is 5.88 Å². The summed E-state index contributed by atoms with van der Waals surface area (Å²) in [6.45, 7) is 0.305. The van der Waals surface area contributed by atoms with Crippen LogP contribution in [0.2, 0.25) is 0 Å². The van der Waals surface area contributed by atoms with Crippen LogP contribution in [-0.4, -0.2) is 52.4 Å². The highest BCUT2D eigenvalue weighted by molar-refractivity contribution is 7.19. The number of carbonyl (C=O) groups is 2. The first kappa shape index (κ1) is 22.3. The number of hydrogen-bond acceptors (Lipinski definition) is 7. The topological polar surface area (TPSA) is 110 Å². The molecule has 1 saturated heterocycles. The number of likely N-dealkylation sites (tertiary alicyclic amines) is 1. The summed E-state index contributed by atoms with van der Waals surface area (Å²) in [5, 5.41) is 3.18. The third kappa shape index (κ3) is 4.09. The highest BCUT2D eigenvalue weighted by atomic mass is 32.1. The molecule has 1 aromatic carbocycles. The van der Waals surface area contributed by atoms with Gasteiger partial charge in [0.2, 0.25) is 5.88 Å². The maximum atomic E-state index is 13.8. The van der Waals surface area contributed by atoms with Gasteiger partial charge >= 0.3 is 0 Å². The molecular formula is C24H24FN5O3S. The zero-order chi connectivity index (χ0) is 23.8. The van der Waals surface area contributed by atoms with Gasteiger partial charge in [-0.1, -0.05) is 29.5 Å². The first-order chi connectivity index (χ1) is 16.4. The number of ether oxygens (including phenoxy) is 1. The van der Waals surface area contributed by atoms with Crippen molar-refractivity contribution in [2.75, 3.05) is 19.4 Å². The fourth-order valence-electron chi connectivity index (χ4n) is 5.05. The minimum absolute atomic E-state index is 0.0811. The average molecular weight is 482 g/mol. The van der Waals surface area contributed by atoms with Crippen LogP contribution in [0.15, 0.2) is 42.5 Å². The fourth-order valence-corrected chi connectivity index (χ4v) is 5.87. The molecule has 3 heterocycles. The molecule has 5 rings (SSSR count). The Labute approximate surface area is 200 Å². The molecule has 34 heavy (non-hydrogen) atoms. The molecule has 2 amide bonds. The molecule has 8 nitrogen and oxygen atoms in total. The van der Waals surface area contributed by atoms with E-state index in [1.54, 1.807) is 30.3 Å². The Morgan fingerprint density at radius 2 is 2.06 bits per heavy atom. The van der Waals surface area contributed by atoms with Crippen LogP contribution in [0, 0.1) is 11.7 Å². The number of benzene rings is 1. The van der Waals surface area contributed by atoms with Crippen LogP contribution in [0.4, 0.5) is 9.52 Å². The van der Waals surface area contributed by atoms with Crippen molar-refractivity contribution in [3.05, 3.63) is 59.7 Å². The number of aromatic nitrogens is 2. The predicted octanol–water partition coefficient (Wildman–Crippen LogP) is 3.36. The number of nitrogens with one attached hydrogen (secondary N) is 1. The number of amides is 2. The summed E-state index contributed by atoms with van der Waals surface area (Å²) in [5.74, 6) is -0.308. The van der Waals surface area contributed by atoms with Gasteiger partial charge < -0.3 is 20.7 Å². The Kier molecular flexibility index (Phi) is 5.91. The summed E-state index contributed by atoms with van der Waals surface area (Å²) in [7, 11) is 1.49. The normalized spacial score (nSPS) is 21.0. The second-order valence-corrected chi connectivity index (χ2v) is 9.55. The molecule has 2 bridgehead atoms. The molecule has 3 N–H and O–H groups in total. The van der Waals surface area contributed by atoms with Gasteiger partial charge in [0.25, 0.3) is 11.8 Å². The minimum atomic E-state index is -0.394. The van der Waals surface area contributed by atoms with Gasteiger partial charge in [0.05, 0.1) is 18.0 Å². The number of nitrogen functional groups attached to an aromatic ring is 1. The van der Waals surface area contributed by atoms with E-state index in [-0.39, 0.29) is 40.4 Å². The van der Waals surface area contributed by atoms with Gasteiger partial charge in [-0.15, -0.1) is 0 Å². The number of halogens is 1. The Balaban J connectivity index is 1.38. The van der Waals surface area contributed by atoms with Crippen molar-refractivity contribution in [1.82, 2.24) is 20.2 Å². The molecule has 2 aliphatic rings. The molecule has 2 fully saturated rings. The van der Waals surface area contributed by atoms with E-state index >= 15 is 0 Å². The van der Waals surface area contributed by atoms with E-state index in [1.165, 1.54) is 30.6 Å². The highest BCUT2D eigenvalue weighted by Crippen LogP contribution is 2.44. The third-order valence-electron chi connectivity index (χ3n) is 6.55. The van der Waals surface area contributed by atoms with Gasteiger partial charge in [0.1, 0.15) is 17.2 Å². The SMILES string of the molecule is COc1cccc(C(=O)NC[C@@H]2[C@H]3CC[C@H](C3)N2C(=O)c2nc(N)sc2-c2cccc(F)c2)n1. The molecule has 0 unspecified atom stereocenters. The maximum Gasteiger partial charge on any atom is 0.274 e. The second kappa shape index (κ2) is 9.02. The number of pyridine rings is 1. The van der Waals surface area contributed by atoms with Crippen LogP contribution in [0.1, 0.15) is 40.2 Å². The molecule has 2 aromatic heterocycles. The van der Waals surface area contributed by atoms with Gasteiger partial charge in [0.15, 0.2) is 5.13 Å². The van der Waals surface area contributed by atoms with E-state index in [1.807, 2.05) is 4.90 Å². The summed E-state index contributed by atoms with van der Waals surface area (Å²) >= 11 is 1.17. The number of piperidine rings is 1. The summed E-state index contributed by atoms with van der Waals surface area (Å²) < 4.78 is 18.9. The molecule has 10 heteroatoms. The Morgan fingerprint density at radius 1 is 1.24 bits per heavy atom. The molecule has 3 aromatic rings. The maximum absolute atomic E-state index is 13.8. The first-order valence-electron chi connectivity index (χ1n) is 11.1. The fraction of sp³-hybridized carbons (Fsp3) is 0.333. The monoisotopic (exact) mass is 481 g/mol. The number of carbonyl (C=O) groups excluding carboxylic acids is 2. The molecule has 1 saturated carbocycles. The highest BCUT2D eigenvalue weighted by Gasteiger charge is 2.49. The first-order valence-corrected chi connectivity index (χ1v) is 11.9. The predicted molar refractivity (Wildman–Crippen MR) is 126 cm³/mol. The molecule has 3 atom stereocenters. The van der Waals surface area contributed by atoms with Crippen LogP contribution >= 0.6 is 11.3 Å². The largest absolute Gasteiger partial charge is 0.481 e. The molecule has 0 radical (unpaired) electrons. The molecule has 0 spiro atoms. The second-order valence-electron chi connectivity index (χ2n) is 8.52. The van der Waals surface area contributed by atoms with Crippen molar-refractivity contribution in [2.24, 2.45) is 5.92 Å². The van der Waals surface area contributed by atoms with E-state index in [0.717, 1.165) is 19.3 Å². The molecule has 1 aliphatic carbocycles. The van der Waals surface area contributed by atoms with Crippen LogP contribution < -0.4 is 15.8 Å². The van der Waals surface area contributed by atoms with Crippen molar-refractivity contribution in [2.45, 2.75) is 31.3 Å². The van der Waals surface area contributed by atoms with E-state index in [2.05, 4.69) is 15.3 Å². The van der Waals surface area contributed by atoms with E-state index in [4.69, 9.17) is 10.5 Å². The smallest absolute Gasteiger partial charge is 0.274 e. The molecular weight excluding hydrogens is 457 g/mol. The van der Waals surface area contributed by atoms with Gasteiger partial charge in [-0.05, 0) is 48.9 Å². The molecule has 1 aliphatic heterocycles. The van der Waals surface area contributed by atoms with Crippen LogP contribution in [-0.2, 0) is 0 Å². The van der Waals surface area contributed by atoms with Crippen LogP contribution in [0.3, 0.4) is 0 Å². The van der Waals surface area contributed by atoms with Crippen molar-refractivity contribution < 1.29 is 18.7 Å². The van der Waals surface area contributed by atoms with Gasteiger partial charge in [-0.25, -0.2) is 14.4 Å². The van der Waals surface area contributed by atoms with Crippen molar-refractivity contribution >= 4 is 28.3 Å². The summed E-state index contributed by atoms with van der Waals surface area (Å²) in [4.78, 5) is 37.3. The number of thiazole rings is 1. The number of fused-ring (bicyclic) bond motifs is 2. The number of nitrogens with two attached hydrogens (primary N) is 1. The Bertz CT molecular complexity index is 1250. The quantitative estimate of drug-likeness (QED) is 0.559. The number of rotatable bonds is 6. The zero-order valence-electron chi connectivity index (χ0n) is 18.5. The Morgan fingerprint density at radius 3 is 2.85 bits per heavy atom. The van der Waals surface area contributed by atoms with E-state index in [9.17, 15) is 14.0 Å². The Hall–Kier alpha value is -3.53. The summed E-state index contributed by atoms with van der Waals surface area (Å²) in [5.41, 5.74) is 7.00. The number of methoxy groups -OCH3 is 1. The lowest BCUT2D eigenvalue weighted by atomic mass is 9.98. The van der Waals surface area contributed by atoms with Gasteiger partial charge in [0, 0.05) is 18.7 Å². The third-order valence-corrected chi connectivity index (χ3v) is 7.48. The number of hydrogen-bond donors (Lipinski definition) is 2. The lowest BCUT2D eigenvalue weighted by Crippen LogP contribution is -2.50. The lowest BCUT2D eigenvalue weighted by Gasteiger charge is -2.35. The summed E-state index contributed by atoms with van der Waals surface area (Å²) in [6, 6.07) is 11.0. The van der Waals surface area contributed by atoms with Gasteiger partial charge in [-0.2, -0.15) is 0 Å². The number of nitrogens with zero attached hydrogens (tertiary/aromatic N) is 3. The standard InChI is InChI=1S/C24H24FN5O3S/c1-33-19-7-3-6-17(28-19)22(31)27-12-18-13-8-9-16(11-13)30(18)23(32)20-21(34-24(26)29-20)14-4-2-5-15(25)10-14/h2-7,10,13,16,18H,8-9,11-12H2,1H3,(H2,26,29)(H,27,31)/t13-,16+,18+/m0/s1. The van der Waals surface area contributed by atoms with Crippen molar-refractivity contribution in [3.8, 4) is 16.3 Å². The van der Waals surface area contributed by atoms with Crippen molar-refractivity contribution in [1.29, 1.82) is 0 Å². The summed E-state index contributed by atoms with van der Waals surface area (Å²) in [6.07, 6.45) is 2.80. The van der Waals surface area contributed by atoms with Gasteiger partial charge in [-0.3, -0.25) is 9.59 Å². The minimum Gasteiger partial charge on any atom is -0.481 e.